The highest BCUT2D eigenvalue weighted by Gasteiger charge is 2.12. The third-order valence-corrected chi connectivity index (χ3v) is 4.31. The minimum atomic E-state index is -0.845. The first-order valence-corrected chi connectivity index (χ1v) is 8.29. The maximum Gasteiger partial charge on any atom is 0.264 e. The number of aliphatic hydroxyl groups excluding tert-OH is 1. The number of aromatic nitrogens is 4. The van der Waals surface area contributed by atoms with Crippen LogP contribution in [0.5, 0.6) is 5.75 Å². The van der Waals surface area contributed by atoms with Crippen molar-refractivity contribution in [3.05, 3.63) is 65.3 Å². The molecule has 0 fully saturated rings. The van der Waals surface area contributed by atoms with E-state index in [9.17, 15) is 9.90 Å². The van der Waals surface area contributed by atoms with E-state index in [1.807, 2.05) is 42.5 Å². The molecular formula is C19H18N4O3. The number of nitrogens with zero attached hydrogens (tertiary/aromatic N) is 4. The third kappa shape index (κ3) is 2.93. The highest BCUT2D eigenvalue weighted by atomic mass is 16.5. The van der Waals surface area contributed by atoms with Crippen LogP contribution in [0.25, 0.3) is 21.8 Å². The molecule has 0 amide bonds. The molecule has 0 bridgehead atoms. The van der Waals surface area contributed by atoms with E-state index in [1.165, 1.54) is 17.1 Å². The zero-order valence-corrected chi connectivity index (χ0v) is 14.2. The number of fused-ring (bicyclic) bond motifs is 2. The quantitative estimate of drug-likeness (QED) is 0.593. The largest absolute Gasteiger partial charge is 0.490 e. The van der Waals surface area contributed by atoms with Crippen molar-refractivity contribution in [1.82, 2.24) is 19.3 Å². The molecule has 4 aromatic rings. The number of aliphatic hydroxyl groups is 1. The topological polar surface area (TPSA) is 82.2 Å². The minimum absolute atomic E-state index is 0.0749. The summed E-state index contributed by atoms with van der Waals surface area (Å²) in [5.41, 5.74) is 0.292. The van der Waals surface area contributed by atoms with Gasteiger partial charge in [-0.2, -0.15) is 5.10 Å². The Bertz CT molecular complexity index is 1130. The lowest BCUT2D eigenvalue weighted by Crippen LogP contribution is -2.30. The van der Waals surface area contributed by atoms with Gasteiger partial charge in [-0.15, -0.1) is 0 Å². The second-order valence-electron chi connectivity index (χ2n) is 6.15. The first kappa shape index (κ1) is 16.3. The van der Waals surface area contributed by atoms with Crippen LogP contribution >= 0.6 is 0 Å². The van der Waals surface area contributed by atoms with E-state index in [1.54, 1.807) is 11.7 Å². The maximum atomic E-state index is 12.4. The van der Waals surface area contributed by atoms with E-state index >= 15 is 0 Å². The lowest BCUT2D eigenvalue weighted by Gasteiger charge is -2.15. The average molecular weight is 350 g/mol. The Morgan fingerprint density at radius 3 is 2.85 bits per heavy atom. The Morgan fingerprint density at radius 1 is 1.15 bits per heavy atom. The Labute approximate surface area is 149 Å². The van der Waals surface area contributed by atoms with Gasteiger partial charge in [0.2, 0.25) is 0 Å². The predicted octanol–water partition coefficient (Wildman–Crippen LogP) is 1.72. The van der Waals surface area contributed by atoms with E-state index in [0.717, 1.165) is 10.8 Å². The Hall–Kier alpha value is -3.19. The van der Waals surface area contributed by atoms with Crippen molar-refractivity contribution in [3.63, 3.8) is 0 Å². The SMILES string of the molecule is Cn1ncc2c(=O)n(CC(O)COc3cccc4ccccc34)cnc21. The highest BCUT2D eigenvalue weighted by molar-refractivity contribution is 5.88. The zero-order chi connectivity index (χ0) is 18.1. The van der Waals surface area contributed by atoms with Crippen molar-refractivity contribution in [2.45, 2.75) is 12.6 Å². The molecule has 0 saturated heterocycles. The summed E-state index contributed by atoms with van der Waals surface area (Å²) in [6.45, 7) is 0.174. The molecule has 26 heavy (non-hydrogen) atoms. The van der Waals surface area contributed by atoms with Gasteiger partial charge in [0, 0.05) is 12.4 Å². The molecule has 4 rings (SSSR count). The number of ether oxygens (including phenoxy) is 1. The monoisotopic (exact) mass is 350 g/mol. The van der Waals surface area contributed by atoms with Gasteiger partial charge in [-0.25, -0.2) is 4.98 Å². The van der Waals surface area contributed by atoms with Crippen LogP contribution in [0.3, 0.4) is 0 Å². The molecule has 7 heteroatoms. The third-order valence-electron chi connectivity index (χ3n) is 4.31. The van der Waals surface area contributed by atoms with E-state index in [0.29, 0.717) is 16.8 Å². The lowest BCUT2D eigenvalue weighted by molar-refractivity contribution is 0.0922. The molecule has 0 aliphatic rings. The summed E-state index contributed by atoms with van der Waals surface area (Å²) >= 11 is 0. The second kappa shape index (κ2) is 6.61. The van der Waals surface area contributed by atoms with Gasteiger partial charge in [0.25, 0.3) is 5.56 Å². The normalized spacial score (nSPS) is 12.5. The van der Waals surface area contributed by atoms with Crippen LogP contribution < -0.4 is 10.3 Å². The van der Waals surface area contributed by atoms with Crippen molar-refractivity contribution in [1.29, 1.82) is 0 Å². The van der Waals surface area contributed by atoms with Crippen LogP contribution in [-0.2, 0) is 13.6 Å². The maximum absolute atomic E-state index is 12.4. The summed E-state index contributed by atoms with van der Waals surface area (Å²) < 4.78 is 8.70. The van der Waals surface area contributed by atoms with Crippen molar-refractivity contribution in [2.24, 2.45) is 7.05 Å². The molecule has 132 valence electrons. The number of aryl methyl sites for hydroxylation is 1. The van der Waals surface area contributed by atoms with Crippen molar-refractivity contribution >= 4 is 21.8 Å². The van der Waals surface area contributed by atoms with E-state index in [-0.39, 0.29) is 18.7 Å². The first-order valence-electron chi connectivity index (χ1n) is 8.29. The molecule has 0 radical (unpaired) electrons. The number of benzene rings is 2. The standard InChI is InChI=1S/C19H18N4O3/c1-22-18-16(9-21-22)19(25)23(12-20-18)10-14(24)11-26-17-8-4-6-13-5-2-3-7-15(13)17/h2-9,12,14,24H,10-11H2,1H3. The zero-order valence-electron chi connectivity index (χ0n) is 14.2. The molecule has 1 atom stereocenters. The summed E-state index contributed by atoms with van der Waals surface area (Å²) in [5, 5.41) is 16.8. The van der Waals surface area contributed by atoms with Gasteiger partial charge < -0.3 is 9.84 Å². The van der Waals surface area contributed by atoms with E-state index in [2.05, 4.69) is 10.1 Å². The molecule has 0 aliphatic carbocycles. The Balaban J connectivity index is 1.50. The Morgan fingerprint density at radius 2 is 1.96 bits per heavy atom. The summed E-state index contributed by atoms with van der Waals surface area (Å²) in [4.78, 5) is 16.7. The lowest BCUT2D eigenvalue weighted by atomic mass is 10.1. The summed E-state index contributed by atoms with van der Waals surface area (Å²) in [5.74, 6) is 0.704. The number of hydrogen-bond donors (Lipinski definition) is 1. The average Bonchev–Trinajstić information content (AvgIpc) is 3.04. The van der Waals surface area contributed by atoms with Crippen molar-refractivity contribution in [3.8, 4) is 5.75 Å². The van der Waals surface area contributed by atoms with Gasteiger partial charge >= 0.3 is 0 Å². The fraction of sp³-hybridized carbons (Fsp3) is 0.211. The van der Waals surface area contributed by atoms with Crippen LogP contribution in [0.4, 0.5) is 0 Å². The molecule has 1 N–H and O–H groups in total. The Kier molecular flexibility index (Phi) is 4.14. The van der Waals surface area contributed by atoms with Gasteiger partial charge in [-0.3, -0.25) is 14.0 Å². The fourth-order valence-corrected chi connectivity index (χ4v) is 2.98. The van der Waals surface area contributed by atoms with E-state index < -0.39 is 6.10 Å². The molecule has 0 spiro atoms. The van der Waals surface area contributed by atoms with E-state index in [4.69, 9.17) is 4.74 Å². The highest BCUT2D eigenvalue weighted by Crippen LogP contribution is 2.25. The summed E-state index contributed by atoms with van der Waals surface area (Å²) in [6.07, 6.45) is 2.07. The number of hydrogen-bond acceptors (Lipinski definition) is 5. The molecule has 2 aromatic heterocycles. The second-order valence-corrected chi connectivity index (χ2v) is 6.15. The molecule has 7 nitrogen and oxygen atoms in total. The molecule has 0 aliphatic heterocycles. The van der Waals surface area contributed by atoms with Crippen LogP contribution in [0, 0.1) is 0 Å². The van der Waals surface area contributed by atoms with Crippen molar-refractivity contribution in [2.75, 3.05) is 6.61 Å². The molecule has 2 heterocycles. The van der Waals surface area contributed by atoms with Crippen LogP contribution in [0.2, 0.25) is 0 Å². The predicted molar refractivity (Wildman–Crippen MR) is 98.2 cm³/mol. The first-order chi connectivity index (χ1) is 12.6. The van der Waals surface area contributed by atoms with Gasteiger partial charge in [-0.05, 0) is 11.5 Å². The fourth-order valence-electron chi connectivity index (χ4n) is 2.98. The minimum Gasteiger partial charge on any atom is -0.490 e. The molecule has 0 saturated carbocycles. The van der Waals surface area contributed by atoms with Gasteiger partial charge in [0.05, 0.1) is 12.7 Å². The van der Waals surface area contributed by atoms with Crippen LogP contribution in [0.15, 0.2) is 59.8 Å². The van der Waals surface area contributed by atoms with Crippen LogP contribution in [-0.4, -0.2) is 37.1 Å². The van der Waals surface area contributed by atoms with Crippen molar-refractivity contribution < 1.29 is 9.84 Å². The molecule has 1 unspecified atom stereocenters. The smallest absolute Gasteiger partial charge is 0.264 e. The van der Waals surface area contributed by atoms with Gasteiger partial charge in [0.1, 0.15) is 30.2 Å². The summed E-state index contributed by atoms with van der Waals surface area (Å²) in [6, 6.07) is 13.7. The molecule has 2 aromatic carbocycles. The number of rotatable bonds is 5. The summed E-state index contributed by atoms with van der Waals surface area (Å²) in [7, 11) is 1.73. The van der Waals surface area contributed by atoms with Crippen LogP contribution in [0.1, 0.15) is 0 Å². The van der Waals surface area contributed by atoms with Gasteiger partial charge in [-0.1, -0.05) is 36.4 Å². The van der Waals surface area contributed by atoms with Gasteiger partial charge in [0.15, 0.2) is 5.65 Å². The molecular weight excluding hydrogens is 332 g/mol.